The lowest BCUT2D eigenvalue weighted by atomic mass is 9.95. The third-order valence-electron chi connectivity index (χ3n) is 5.54. The van der Waals surface area contributed by atoms with Crippen LogP contribution >= 0.6 is 0 Å². The van der Waals surface area contributed by atoms with E-state index in [2.05, 4.69) is 10.6 Å². The van der Waals surface area contributed by atoms with Crippen LogP contribution in [0.5, 0.6) is 0 Å². The first kappa shape index (κ1) is 27.9. The second-order valence-corrected chi connectivity index (χ2v) is 9.52. The summed E-state index contributed by atoms with van der Waals surface area (Å²) in [5.74, 6) is -0.889. The molecular weight excluding hydrogens is 446 g/mol. The predicted molar refractivity (Wildman–Crippen MR) is 135 cm³/mol. The van der Waals surface area contributed by atoms with Gasteiger partial charge in [-0.3, -0.25) is 9.59 Å². The molecule has 0 aliphatic rings. The van der Waals surface area contributed by atoms with Gasteiger partial charge in [-0.25, -0.2) is 4.79 Å². The summed E-state index contributed by atoms with van der Waals surface area (Å²) in [5.41, 5.74) is 2.69. The molecule has 0 aliphatic carbocycles. The molecule has 2 unspecified atom stereocenters. The zero-order chi connectivity index (χ0) is 26.2. The van der Waals surface area contributed by atoms with Crippen molar-refractivity contribution in [1.82, 2.24) is 15.5 Å². The molecular formula is C27H37N3O5. The Kier molecular flexibility index (Phi) is 9.83. The fraction of sp³-hybridized carbons (Fsp3) is 0.444. The number of aliphatic hydroxyl groups excluding tert-OH is 1. The lowest BCUT2D eigenvalue weighted by molar-refractivity contribution is -0.142. The molecule has 35 heavy (non-hydrogen) atoms. The third kappa shape index (κ3) is 8.10. The van der Waals surface area contributed by atoms with Crippen molar-refractivity contribution in [3.8, 4) is 0 Å². The highest BCUT2D eigenvalue weighted by atomic mass is 16.6. The summed E-state index contributed by atoms with van der Waals surface area (Å²) in [4.78, 5) is 40.6. The van der Waals surface area contributed by atoms with E-state index in [4.69, 9.17) is 4.74 Å². The first-order chi connectivity index (χ1) is 16.4. The molecule has 0 aromatic heterocycles. The number of aryl methyl sites for hydroxylation is 1. The van der Waals surface area contributed by atoms with Crippen molar-refractivity contribution in [2.24, 2.45) is 0 Å². The summed E-state index contributed by atoms with van der Waals surface area (Å²) in [6.07, 6.45) is -0.737. The Morgan fingerprint density at radius 2 is 1.69 bits per heavy atom. The van der Waals surface area contributed by atoms with Gasteiger partial charge in [0, 0.05) is 13.1 Å². The summed E-state index contributed by atoms with van der Waals surface area (Å²) in [6, 6.07) is 13.1. The number of alkyl carbamates (subject to hydrolysis) is 1. The van der Waals surface area contributed by atoms with Crippen LogP contribution in [0, 0.1) is 13.8 Å². The van der Waals surface area contributed by atoms with Crippen molar-refractivity contribution in [2.75, 3.05) is 13.2 Å². The molecule has 0 radical (unpaired) electrons. The number of carbonyl (C=O) groups excluding carboxylic acids is 3. The van der Waals surface area contributed by atoms with Crippen molar-refractivity contribution in [3.63, 3.8) is 0 Å². The minimum atomic E-state index is -0.999. The molecule has 0 fully saturated rings. The van der Waals surface area contributed by atoms with E-state index in [1.807, 2.05) is 56.3 Å². The van der Waals surface area contributed by atoms with Gasteiger partial charge in [0.1, 0.15) is 17.7 Å². The Morgan fingerprint density at radius 3 is 2.29 bits per heavy atom. The van der Waals surface area contributed by atoms with Gasteiger partial charge in [0.05, 0.1) is 6.61 Å². The van der Waals surface area contributed by atoms with Gasteiger partial charge >= 0.3 is 6.09 Å². The Bertz CT molecular complexity index is 1020. The standard InChI is InChI=1S/C27H37N3O5/c1-18-11-10-14-22(19(18)2)23(24(32)28-17-21-12-8-7-9-13-21)30(15-16-31)25(33)20(3)29-26(34)35-27(4,5)6/h7-14,20,23,31H,15-17H2,1-6H3,(H,28,32)(H,29,34). The van der Waals surface area contributed by atoms with Crippen molar-refractivity contribution in [1.29, 1.82) is 0 Å². The van der Waals surface area contributed by atoms with Gasteiger partial charge in [-0.1, -0.05) is 48.5 Å². The number of hydrogen-bond donors (Lipinski definition) is 3. The van der Waals surface area contributed by atoms with Crippen LogP contribution in [-0.4, -0.2) is 52.7 Å². The molecule has 8 heteroatoms. The third-order valence-corrected chi connectivity index (χ3v) is 5.54. The first-order valence-corrected chi connectivity index (χ1v) is 11.7. The van der Waals surface area contributed by atoms with Gasteiger partial charge < -0.3 is 25.4 Å². The van der Waals surface area contributed by atoms with E-state index in [9.17, 15) is 19.5 Å². The molecule has 0 heterocycles. The van der Waals surface area contributed by atoms with Gasteiger partial charge in [-0.15, -0.1) is 0 Å². The number of aliphatic hydroxyl groups is 1. The van der Waals surface area contributed by atoms with Crippen LogP contribution in [0.3, 0.4) is 0 Å². The quantitative estimate of drug-likeness (QED) is 0.507. The van der Waals surface area contributed by atoms with Gasteiger partial charge in [-0.05, 0) is 63.8 Å². The Morgan fingerprint density at radius 1 is 1.03 bits per heavy atom. The summed E-state index contributed by atoms with van der Waals surface area (Å²) in [6.45, 7) is 10.4. The average Bonchev–Trinajstić information content (AvgIpc) is 2.78. The summed E-state index contributed by atoms with van der Waals surface area (Å²) in [7, 11) is 0. The summed E-state index contributed by atoms with van der Waals surface area (Å²) >= 11 is 0. The topological polar surface area (TPSA) is 108 Å². The van der Waals surface area contributed by atoms with Crippen LogP contribution in [0.4, 0.5) is 4.79 Å². The van der Waals surface area contributed by atoms with E-state index in [1.54, 1.807) is 26.8 Å². The average molecular weight is 484 g/mol. The van der Waals surface area contributed by atoms with E-state index in [1.165, 1.54) is 11.8 Å². The van der Waals surface area contributed by atoms with E-state index >= 15 is 0 Å². The first-order valence-electron chi connectivity index (χ1n) is 11.7. The molecule has 0 saturated heterocycles. The van der Waals surface area contributed by atoms with Crippen molar-refractivity contribution in [2.45, 2.75) is 65.8 Å². The molecule has 0 aliphatic heterocycles. The number of benzene rings is 2. The van der Waals surface area contributed by atoms with Crippen LogP contribution in [-0.2, 0) is 20.9 Å². The van der Waals surface area contributed by atoms with Gasteiger partial charge in [0.25, 0.3) is 0 Å². The molecule has 3 amide bonds. The molecule has 190 valence electrons. The molecule has 2 rings (SSSR count). The molecule has 2 atom stereocenters. The molecule has 0 bridgehead atoms. The second kappa shape index (κ2) is 12.4. The van der Waals surface area contributed by atoms with Crippen LogP contribution < -0.4 is 10.6 Å². The van der Waals surface area contributed by atoms with Crippen molar-refractivity contribution < 1.29 is 24.2 Å². The van der Waals surface area contributed by atoms with Gasteiger partial charge in [-0.2, -0.15) is 0 Å². The highest BCUT2D eigenvalue weighted by Crippen LogP contribution is 2.27. The number of rotatable bonds is 9. The van der Waals surface area contributed by atoms with E-state index in [0.717, 1.165) is 16.7 Å². The Balaban J connectivity index is 2.37. The summed E-state index contributed by atoms with van der Waals surface area (Å²) < 4.78 is 5.26. The maximum atomic E-state index is 13.5. The molecule has 2 aromatic carbocycles. The minimum Gasteiger partial charge on any atom is -0.444 e. The SMILES string of the molecule is Cc1cccc(C(C(=O)NCc2ccccc2)N(CCO)C(=O)C(C)NC(=O)OC(C)(C)C)c1C. The molecule has 2 aromatic rings. The normalized spacial score (nSPS) is 12.9. The number of carbonyl (C=O) groups is 3. The fourth-order valence-electron chi connectivity index (χ4n) is 3.67. The second-order valence-electron chi connectivity index (χ2n) is 9.52. The number of amides is 3. The maximum Gasteiger partial charge on any atom is 0.408 e. The van der Waals surface area contributed by atoms with E-state index in [-0.39, 0.29) is 25.6 Å². The fourth-order valence-corrected chi connectivity index (χ4v) is 3.67. The Hall–Kier alpha value is -3.39. The Labute approximate surface area is 207 Å². The van der Waals surface area contributed by atoms with E-state index in [0.29, 0.717) is 5.56 Å². The minimum absolute atomic E-state index is 0.0873. The number of hydrogen-bond acceptors (Lipinski definition) is 5. The highest BCUT2D eigenvalue weighted by Gasteiger charge is 2.35. The maximum absolute atomic E-state index is 13.5. The predicted octanol–water partition coefficient (Wildman–Crippen LogP) is 3.40. The lowest BCUT2D eigenvalue weighted by Crippen LogP contribution is -2.52. The number of nitrogens with zero attached hydrogens (tertiary/aromatic N) is 1. The zero-order valence-electron chi connectivity index (χ0n) is 21.4. The highest BCUT2D eigenvalue weighted by molar-refractivity contribution is 5.92. The van der Waals surface area contributed by atoms with Crippen LogP contribution in [0.2, 0.25) is 0 Å². The molecule has 0 saturated carbocycles. The largest absolute Gasteiger partial charge is 0.444 e. The van der Waals surface area contributed by atoms with Crippen LogP contribution in [0.1, 0.15) is 56.0 Å². The smallest absolute Gasteiger partial charge is 0.408 e. The zero-order valence-corrected chi connectivity index (χ0v) is 21.4. The summed E-state index contributed by atoms with van der Waals surface area (Å²) in [5, 5.41) is 15.2. The molecule has 3 N–H and O–H groups in total. The molecule has 0 spiro atoms. The van der Waals surface area contributed by atoms with Crippen molar-refractivity contribution in [3.05, 3.63) is 70.8 Å². The van der Waals surface area contributed by atoms with Gasteiger partial charge in [0.15, 0.2) is 0 Å². The monoisotopic (exact) mass is 483 g/mol. The molecule has 8 nitrogen and oxygen atoms in total. The van der Waals surface area contributed by atoms with Crippen LogP contribution in [0.15, 0.2) is 48.5 Å². The number of nitrogens with one attached hydrogen (secondary N) is 2. The van der Waals surface area contributed by atoms with Crippen LogP contribution in [0.25, 0.3) is 0 Å². The van der Waals surface area contributed by atoms with Crippen molar-refractivity contribution >= 4 is 17.9 Å². The van der Waals surface area contributed by atoms with Gasteiger partial charge in [0.2, 0.25) is 11.8 Å². The number of ether oxygens (including phenoxy) is 1. The van der Waals surface area contributed by atoms with E-state index < -0.39 is 29.7 Å². The lowest BCUT2D eigenvalue weighted by Gasteiger charge is -2.34.